The third-order valence-electron chi connectivity index (χ3n) is 4.01. The third kappa shape index (κ3) is 3.52. The Morgan fingerprint density at radius 1 is 1.24 bits per heavy atom. The molecule has 2 aromatic heterocycles. The molecule has 2 aromatic rings. The second-order valence-electron chi connectivity index (χ2n) is 5.37. The van der Waals surface area contributed by atoms with E-state index in [2.05, 4.69) is 37.3 Å². The Morgan fingerprint density at radius 3 is 2.76 bits per heavy atom. The Morgan fingerprint density at radius 2 is 2.10 bits per heavy atom. The van der Waals surface area contributed by atoms with Gasteiger partial charge in [0.25, 0.3) is 0 Å². The van der Waals surface area contributed by atoms with Crippen LogP contribution in [0.3, 0.4) is 0 Å². The Labute approximate surface area is 124 Å². The fourth-order valence-corrected chi connectivity index (χ4v) is 2.73. The van der Waals surface area contributed by atoms with Crippen molar-refractivity contribution in [2.75, 3.05) is 18.4 Å². The maximum atomic E-state index is 4.40. The van der Waals surface area contributed by atoms with Gasteiger partial charge in [0.2, 0.25) is 0 Å². The van der Waals surface area contributed by atoms with Gasteiger partial charge in [0.15, 0.2) is 0 Å². The second-order valence-corrected chi connectivity index (χ2v) is 5.37. The molecular weight excluding hydrogens is 264 g/mol. The zero-order valence-electron chi connectivity index (χ0n) is 12.2. The van der Waals surface area contributed by atoms with Gasteiger partial charge in [-0.1, -0.05) is 0 Å². The van der Waals surface area contributed by atoms with Gasteiger partial charge in [-0.15, -0.1) is 5.10 Å². The number of likely N-dealkylation sites (tertiary alicyclic amines) is 1. The summed E-state index contributed by atoms with van der Waals surface area (Å²) in [5.74, 6) is 0.859. The molecule has 1 N–H and O–H groups in total. The van der Waals surface area contributed by atoms with Crippen LogP contribution in [0.5, 0.6) is 0 Å². The normalized spacial score (nSPS) is 18.3. The van der Waals surface area contributed by atoms with Crippen LogP contribution < -0.4 is 5.32 Å². The van der Waals surface area contributed by atoms with Gasteiger partial charge in [0.1, 0.15) is 5.82 Å². The number of piperidine rings is 1. The zero-order valence-corrected chi connectivity index (χ0v) is 12.2. The van der Waals surface area contributed by atoms with Crippen LogP contribution >= 0.6 is 0 Å². The zero-order chi connectivity index (χ0) is 14.5. The van der Waals surface area contributed by atoms with Gasteiger partial charge in [-0.2, -0.15) is 5.10 Å². The summed E-state index contributed by atoms with van der Waals surface area (Å²) in [6.07, 6.45) is 9.22. The minimum Gasteiger partial charge on any atom is -0.366 e. The first-order chi connectivity index (χ1) is 10.3. The van der Waals surface area contributed by atoms with Gasteiger partial charge in [0, 0.05) is 43.9 Å². The Bertz CT molecular complexity index is 539. The number of anilines is 1. The molecule has 110 valence electrons. The highest BCUT2D eigenvalue weighted by Gasteiger charge is 2.24. The fraction of sp³-hybridized carbons (Fsp3) is 0.467. The van der Waals surface area contributed by atoms with Crippen LogP contribution in [0.25, 0.3) is 0 Å². The van der Waals surface area contributed by atoms with E-state index in [0.717, 1.165) is 37.4 Å². The molecule has 1 atom stereocenters. The first kappa shape index (κ1) is 13.9. The Balaban J connectivity index is 1.53. The van der Waals surface area contributed by atoms with E-state index in [0.29, 0.717) is 12.1 Å². The lowest BCUT2D eigenvalue weighted by atomic mass is 10.0. The van der Waals surface area contributed by atoms with Crippen molar-refractivity contribution in [2.45, 2.75) is 31.8 Å². The molecule has 6 heteroatoms. The van der Waals surface area contributed by atoms with Crippen molar-refractivity contribution in [3.05, 3.63) is 42.6 Å². The molecule has 0 unspecified atom stereocenters. The first-order valence-corrected chi connectivity index (χ1v) is 7.37. The standard InChI is InChI=1S/C15H20N6/c1-12(14-11-16-7-8-17-14)21-9-4-13(5-10-21)19-15-3-2-6-18-20-15/h2-3,6-8,11-13H,4-5,9-10H2,1H3,(H,19,20)/t12-/m0/s1. The molecule has 0 saturated carbocycles. The molecule has 0 bridgehead atoms. The maximum absolute atomic E-state index is 4.40. The molecule has 1 aliphatic rings. The summed E-state index contributed by atoms with van der Waals surface area (Å²) < 4.78 is 0. The number of rotatable bonds is 4. The largest absolute Gasteiger partial charge is 0.366 e. The molecule has 0 amide bonds. The van der Waals surface area contributed by atoms with Crippen LogP contribution in [0.4, 0.5) is 5.82 Å². The van der Waals surface area contributed by atoms with Gasteiger partial charge < -0.3 is 5.32 Å². The number of aromatic nitrogens is 4. The number of hydrogen-bond acceptors (Lipinski definition) is 6. The van der Waals surface area contributed by atoms with Crippen LogP contribution in [0.1, 0.15) is 31.5 Å². The molecule has 3 rings (SSSR count). The lowest BCUT2D eigenvalue weighted by Gasteiger charge is -2.36. The molecule has 0 aromatic carbocycles. The van der Waals surface area contributed by atoms with Crippen LogP contribution in [-0.4, -0.2) is 44.2 Å². The molecule has 1 aliphatic heterocycles. The van der Waals surface area contributed by atoms with Crippen LogP contribution in [-0.2, 0) is 0 Å². The number of hydrogen-bond donors (Lipinski definition) is 1. The summed E-state index contributed by atoms with van der Waals surface area (Å²) >= 11 is 0. The summed E-state index contributed by atoms with van der Waals surface area (Å²) in [4.78, 5) is 11.0. The highest BCUT2D eigenvalue weighted by atomic mass is 15.2. The van der Waals surface area contributed by atoms with Crippen molar-refractivity contribution in [1.29, 1.82) is 0 Å². The second kappa shape index (κ2) is 6.58. The Kier molecular flexibility index (Phi) is 4.35. The molecule has 21 heavy (non-hydrogen) atoms. The fourth-order valence-electron chi connectivity index (χ4n) is 2.73. The van der Waals surface area contributed by atoms with Gasteiger partial charge in [-0.05, 0) is 31.9 Å². The van der Waals surface area contributed by atoms with E-state index < -0.39 is 0 Å². The SMILES string of the molecule is C[C@@H](c1cnccn1)N1CCC(Nc2cccnn2)CC1. The highest BCUT2D eigenvalue weighted by Crippen LogP contribution is 2.23. The van der Waals surface area contributed by atoms with Crippen molar-refractivity contribution in [3.63, 3.8) is 0 Å². The van der Waals surface area contributed by atoms with E-state index in [4.69, 9.17) is 0 Å². The van der Waals surface area contributed by atoms with E-state index in [1.165, 1.54) is 0 Å². The monoisotopic (exact) mass is 284 g/mol. The quantitative estimate of drug-likeness (QED) is 0.925. The molecule has 3 heterocycles. The van der Waals surface area contributed by atoms with Gasteiger partial charge in [-0.25, -0.2) is 0 Å². The molecule has 0 radical (unpaired) electrons. The van der Waals surface area contributed by atoms with E-state index in [1.54, 1.807) is 18.6 Å². The summed E-state index contributed by atoms with van der Waals surface area (Å²) in [7, 11) is 0. The summed E-state index contributed by atoms with van der Waals surface area (Å²) in [5.41, 5.74) is 1.04. The predicted octanol–water partition coefficient (Wildman–Crippen LogP) is 1.90. The molecule has 1 fully saturated rings. The molecular formula is C15H20N6. The lowest BCUT2D eigenvalue weighted by Crippen LogP contribution is -2.40. The van der Waals surface area contributed by atoms with E-state index in [-0.39, 0.29) is 0 Å². The molecule has 0 aliphatic carbocycles. The van der Waals surface area contributed by atoms with Crippen LogP contribution in [0.2, 0.25) is 0 Å². The summed E-state index contributed by atoms with van der Waals surface area (Å²) in [6, 6.07) is 4.64. The van der Waals surface area contributed by atoms with Crippen molar-refractivity contribution < 1.29 is 0 Å². The topological polar surface area (TPSA) is 66.8 Å². The van der Waals surface area contributed by atoms with Crippen molar-refractivity contribution in [3.8, 4) is 0 Å². The van der Waals surface area contributed by atoms with Gasteiger partial charge >= 0.3 is 0 Å². The summed E-state index contributed by atoms with van der Waals surface area (Å²) in [6.45, 7) is 4.30. The van der Waals surface area contributed by atoms with Crippen molar-refractivity contribution >= 4 is 5.82 Å². The average molecular weight is 284 g/mol. The minimum atomic E-state index is 0.316. The van der Waals surface area contributed by atoms with Crippen molar-refractivity contribution in [2.24, 2.45) is 0 Å². The van der Waals surface area contributed by atoms with Crippen LogP contribution in [0, 0.1) is 0 Å². The van der Waals surface area contributed by atoms with Crippen molar-refractivity contribution in [1.82, 2.24) is 25.1 Å². The average Bonchev–Trinajstić information content (AvgIpc) is 2.57. The van der Waals surface area contributed by atoms with Gasteiger partial charge in [0.05, 0.1) is 11.7 Å². The Hall–Kier alpha value is -2.08. The molecule has 6 nitrogen and oxygen atoms in total. The maximum Gasteiger partial charge on any atom is 0.148 e. The smallest absolute Gasteiger partial charge is 0.148 e. The van der Waals surface area contributed by atoms with Gasteiger partial charge in [-0.3, -0.25) is 14.9 Å². The first-order valence-electron chi connectivity index (χ1n) is 7.37. The minimum absolute atomic E-state index is 0.316. The van der Waals surface area contributed by atoms with E-state index in [9.17, 15) is 0 Å². The van der Waals surface area contributed by atoms with E-state index >= 15 is 0 Å². The van der Waals surface area contributed by atoms with Crippen LogP contribution in [0.15, 0.2) is 36.9 Å². The van der Waals surface area contributed by atoms with E-state index in [1.807, 2.05) is 18.3 Å². The summed E-state index contributed by atoms with van der Waals surface area (Å²) in [5, 5.41) is 11.4. The highest BCUT2D eigenvalue weighted by molar-refractivity contribution is 5.33. The molecule has 0 spiro atoms. The molecule has 1 saturated heterocycles. The number of nitrogens with zero attached hydrogens (tertiary/aromatic N) is 5. The number of nitrogens with one attached hydrogen (secondary N) is 1. The predicted molar refractivity (Wildman–Crippen MR) is 80.7 cm³/mol. The third-order valence-corrected chi connectivity index (χ3v) is 4.01. The lowest BCUT2D eigenvalue weighted by molar-refractivity contribution is 0.164.